The number of nitrogens with two attached hydrogens (primary N) is 1. The van der Waals surface area contributed by atoms with Crippen molar-refractivity contribution in [2.24, 2.45) is 5.73 Å². The molecule has 1 unspecified atom stereocenters. The molecule has 6 nitrogen and oxygen atoms in total. The summed E-state index contributed by atoms with van der Waals surface area (Å²) in [4.78, 5) is 11.8. The molecular formula is C14H18N4O2S. The molecule has 0 aliphatic carbocycles. The Bertz CT molecular complexity index is 597. The van der Waals surface area contributed by atoms with E-state index in [2.05, 4.69) is 15.5 Å². The lowest BCUT2D eigenvalue weighted by atomic mass is 10.2. The van der Waals surface area contributed by atoms with Crippen LogP contribution >= 0.6 is 11.3 Å². The minimum Gasteiger partial charge on any atom is -0.497 e. The van der Waals surface area contributed by atoms with Crippen LogP contribution in [-0.4, -0.2) is 29.3 Å². The van der Waals surface area contributed by atoms with Crippen molar-refractivity contribution < 1.29 is 9.53 Å². The third-order valence-electron chi connectivity index (χ3n) is 2.93. The quantitative estimate of drug-likeness (QED) is 0.854. The lowest BCUT2D eigenvalue weighted by molar-refractivity contribution is -0.117. The Morgan fingerprint density at radius 3 is 2.71 bits per heavy atom. The first-order valence-corrected chi connectivity index (χ1v) is 7.50. The largest absolute Gasteiger partial charge is 0.497 e. The van der Waals surface area contributed by atoms with Gasteiger partial charge in [0.1, 0.15) is 10.8 Å². The van der Waals surface area contributed by atoms with Crippen LogP contribution in [-0.2, 0) is 4.79 Å². The summed E-state index contributed by atoms with van der Waals surface area (Å²) in [5.74, 6) is 0.552. The number of methoxy groups -OCH3 is 1. The van der Waals surface area contributed by atoms with Gasteiger partial charge in [-0.1, -0.05) is 24.7 Å². The second-order valence-corrected chi connectivity index (χ2v) is 5.50. The Kier molecular flexibility index (Phi) is 5.24. The van der Waals surface area contributed by atoms with Gasteiger partial charge in [0.05, 0.1) is 13.2 Å². The highest BCUT2D eigenvalue weighted by Crippen LogP contribution is 2.27. The van der Waals surface area contributed by atoms with Gasteiger partial charge in [0, 0.05) is 5.56 Å². The number of carbonyl (C=O) groups is 1. The maximum atomic E-state index is 11.8. The average Bonchev–Trinajstić information content (AvgIpc) is 2.96. The molecule has 7 heteroatoms. The van der Waals surface area contributed by atoms with Gasteiger partial charge in [0.15, 0.2) is 0 Å². The molecule has 0 bridgehead atoms. The van der Waals surface area contributed by atoms with Crippen molar-refractivity contribution in [2.75, 3.05) is 12.4 Å². The molecule has 21 heavy (non-hydrogen) atoms. The summed E-state index contributed by atoms with van der Waals surface area (Å²) < 4.78 is 5.11. The van der Waals surface area contributed by atoms with E-state index in [-0.39, 0.29) is 5.91 Å². The first-order chi connectivity index (χ1) is 10.1. The molecule has 1 aromatic carbocycles. The van der Waals surface area contributed by atoms with E-state index in [0.29, 0.717) is 11.6 Å². The van der Waals surface area contributed by atoms with Gasteiger partial charge >= 0.3 is 0 Å². The van der Waals surface area contributed by atoms with Crippen molar-refractivity contribution in [1.29, 1.82) is 0 Å². The molecule has 1 amide bonds. The topological polar surface area (TPSA) is 90.1 Å². The van der Waals surface area contributed by atoms with Gasteiger partial charge in [0.25, 0.3) is 0 Å². The molecule has 0 radical (unpaired) electrons. The monoisotopic (exact) mass is 306 g/mol. The Labute approximate surface area is 127 Å². The van der Waals surface area contributed by atoms with Gasteiger partial charge in [-0.05, 0) is 30.7 Å². The third kappa shape index (κ3) is 3.99. The number of hydrogen-bond donors (Lipinski definition) is 2. The number of aromatic nitrogens is 2. The molecule has 0 saturated carbocycles. The lowest BCUT2D eigenvalue weighted by Gasteiger charge is -2.08. The third-order valence-corrected chi connectivity index (χ3v) is 3.82. The number of carbonyl (C=O) groups excluding carboxylic acids is 1. The minimum atomic E-state index is -0.511. The van der Waals surface area contributed by atoms with E-state index in [9.17, 15) is 4.79 Å². The fourth-order valence-electron chi connectivity index (χ4n) is 1.76. The Morgan fingerprint density at radius 1 is 1.38 bits per heavy atom. The summed E-state index contributed by atoms with van der Waals surface area (Å²) >= 11 is 1.31. The zero-order chi connectivity index (χ0) is 15.2. The molecule has 1 heterocycles. The first-order valence-electron chi connectivity index (χ1n) is 6.68. The maximum absolute atomic E-state index is 11.8. The van der Waals surface area contributed by atoms with Crippen LogP contribution in [0.2, 0.25) is 0 Å². The lowest BCUT2D eigenvalue weighted by Crippen LogP contribution is -2.35. The maximum Gasteiger partial charge on any atom is 0.243 e. The van der Waals surface area contributed by atoms with Crippen molar-refractivity contribution in [1.82, 2.24) is 10.2 Å². The van der Waals surface area contributed by atoms with Crippen LogP contribution in [0.3, 0.4) is 0 Å². The first kappa shape index (κ1) is 15.4. The van der Waals surface area contributed by atoms with Crippen LogP contribution < -0.4 is 15.8 Å². The molecule has 0 spiro atoms. The van der Waals surface area contributed by atoms with E-state index in [0.717, 1.165) is 22.7 Å². The summed E-state index contributed by atoms with van der Waals surface area (Å²) in [6, 6.07) is 6.99. The fraction of sp³-hybridized carbons (Fsp3) is 0.357. The smallest absolute Gasteiger partial charge is 0.243 e. The predicted molar refractivity (Wildman–Crippen MR) is 83.4 cm³/mol. The normalized spacial score (nSPS) is 12.0. The number of ether oxygens (including phenoxy) is 1. The van der Waals surface area contributed by atoms with Gasteiger partial charge < -0.3 is 10.5 Å². The second-order valence-electron chi connectivity index (χ2n) is 4.53. The summed E-state index contributed by atoms with van der Waals surface area (Å²) in [5.41, 5.74) is 6.68. The minimum absolute atomic E-state index is 0.228. The molecule has 0 aliphatic heterocycles. The van der Waals surface area contributed by atoms with Crippen molar-refractivity contribution in [3.63, 3.8) is 0 Å². The van der Waals surface area contributed by atoms with Gasteiger partial charge in [-0.25, -0.2) is 0 Å². The molecule has 0 fully saturated rings. The van der Waals surface area contributed by atoms with Gasteiger partial charge in [-0.2, -0.15) is 0 Å². The van der Waals surface area contributed by atoms with Crippen molar-refractivity contribution in [3.05, 3.63) is 24.3 Å². The van der Waals surface area contributed by atoms with E-state index in [1.165, 1.54) is 11.3 Å². The standard InChI is InChI=1S/C14H18N4O2S/c1-3-4-11(15)12(19)16-14-18-17-13(21-14)9-5-7-10(20-2)8-6-9/h5-8,11H,3-4,15H2,1-2H3,(H,16,18,19). The van der Waals surface area contributed by atoms with Crippen LogP contribution in [0.5, 0.6) is 5.75 Å². The number of nitrogens with zero attached hydrogens (tertiary/aromatic N) is 2. The van der Waals surface area contributed by atoms with Crippen molar-refractivity contribution in [3.8, 4) is 16.3 Å². The second kappa shape index (κ2) is 7.14. The summed E-state index contributed by atoms with van der Waals surface area (Å²) in [5, 5.41) is 11.9. The van der Waals surface area contributed by atoms with Crippen LogP contribution in [0.4, 0.5) is 5.13 Å². The molecule has 3 N–H and O–H groups in total. The molecular weight excluding hydrogens is 288 g/mol. The molecule has 112 valence electrons. The SMILES string of the molecule is CCCC(N)C(=O)Nc1nnc(-c2ccc(OC)cc2)s1. The Morgan fingerprint density at radius 2 is 2.10 bits per heavy atom. The molecule has 2 aromatic rings. The summed E-state index contributed by atoms with van der Waals surface area (Å²) in [7, 11) is 1.62. The highest BCUT2D eigenvalue weighted by atomic mass is 32.1. The number of nitrogens with one attached hydrogen (secondary N) is 1. The molecule has 1 atom stereocenters. The highest BCUT2D eigenvalue weighted by Gasteiger charge is 2.15. The molecule has 1 aromatic heterocycles. The van der Waals surface area contributed by atoms with Crippen LogP contribution in [0.25, 0.3) is 10.6 Å². The predicted octanol–water partition coefficient (Wildman–Crippen LogP) is 2.28. The van der Waals surface area contributed by atoms with E-state index in [1.807, 2.05) is 31.2 Å². The average molecular weight is 306 g/mol. The van der Waals surface area contributed by atoms with Crippen LogP contribution in [0.1, 0.15) is 19.8 Å². The van der Waals surface area contributed by atoms with Crippen LogP contribution in [0.15, 0.2) is 24.3 Å². The van der Waals surface area contributed by atoms with E-state index in [4.69, 9.17) is 10.5 Å². The summed E-state index contributed by atoms with van der Waals surface area (Å²) in [6.45, 7) is 1.99. The van der Waals surface area contributed by atoms with Gasteiger partial charge in [-0.15, -0.1) is 10.2 Å². The zero-order valence-electron chi connectivity index (χ0n) is 12.0. The number of rotatable bonds is 6. The number of amides is 1. The van der Waals surface area contributed by atoms with Gasteiger partial charge in [0.2, 0.25) is 11.0 Å². The van der Waals surface area contributed by atoms with E-state index in [1.54, 1.807) is 7.11 Å². The molecule has 2 rings (SSSR count). The van der Waals surface area contributed by atoms with E-state index >= 15 is 0 Å². The van der Waals surface area contributed by atoms with E-state index < -0.39 is 6.04 Å². The van der Waals surface area contributed by atoms with Crippen molar-refractivity contribution >= 4 is 22.4 Å². The zero-order valence-corrected chi connectivity index (χ0v) is 12.8. The fourth-order valence-corrected chi connectivity index (χ4v) is 2.52. The van der Waals surface area contributed by atoms with Crippen molar-refractivity contribution in [2.45, 2.75) is 25.8 Å². The molecule has 0 aliphatic rings. The Hall–Kier alpha value is -1.99. The highest BCUT2D eigenvalue weighted by molar-refractivity contribution is 7.18. The molecule has 0 saturated heterocycles. The Balaban J connectivity index is 2.05. The van der Waals surface area contributed by atoms with Crippen LogP contribution in [0, 0.1) is 0 Å². The summed E-state index contributed by atoms with van der Waals surface area (Å²) in [6.07, 6.45) is 1.51. The number of hydrogen-bond acceptors (Lipinski definition) is 6. The number of benzene rings is 1. The number of anilines is 1. The van der Waals surface area contributed by atoms with Gasteiger partial charge in [-0.3, -0.25) is 10.1 Å².